The molecule has 0 radical (unpaired) electrons. The van der Waals surface area contributed by atoms with Crippen LogP contribution in [0.15, 0.2) is 72.9 Å². The number of aromatic amines is 1. The zero-order valence-electron chi connectivity index (χ0n) is 18.4. The van der Waals surface area contributed by atoms with E-state index in [-0.39, 0.29) is 11.8 Å². The number of benzene rings is 3. The Morgan fingerprint density at radius 1 is 1.09 bits per heavy atom. The third-order valence-corrected chi connectivity index (χ3v) is 6.23. The lowest BCUT2D eigenvalue weighted by Crippen LogP contribution is -2.29. The molecular weight excluding hydrogens is 398 g/mol. The lowest BCUT2D eigenvalue weighted by molar-refractivity contribution is 0.0952. The Labute approximate surface area is 188 Å². The molecule has 4 aromatic rings. The molecule has 1 aliphatic rings. The van der Waals surface area contributed by atoms with Crippen molar-refractivity contribution in [3.8, 4) is 5.75 Å². The summed E-state index contributed by atoms with van der Waals surface area (Å²) >= 11 is 0. The van der Waals surface area contributed by atoms with Crippen molar-refractivity contribution in [1.82, 2.24) is 10.3 Å². The summed E-state index contributed by atoms with van der Waals surface area (Å²) in [6.07, 6.45) is 2.92. The number of fused-ring (bicyclic) bond motifs is 2. The van der Waals surface area contributed by atoms with E-state index in [4.69, 9.17) is 4.74 Å². The number of amides is 1. The summed E-state index contributed by atoms with van der Waals surface area (Å²) in [6, 6.07) is 22.5. The van der Waals surface area contributed by atoms with Gasteiger partial charge in [-0.2, -0.15) is 0 Å². The summed E-state index contributed by atoms with van der Waals surface area (Å²) in [5.74, 6) is 0.859. The fourth-order valence-electron chi connectivity index (χ4n) is 4.42. The summed E-state index contributed by atoms with van der Waals surface area (Å²) in [6.45, 7) is 1.20. The van der Waals surface area contributed by atoms with E-state index in [0.717, 1.165) is 28.9 Å². The number of hydrogen-bond donors (Lipinski definition) is 2. The molecule has 32 heavy (non-hydrogen) atoms. The van der Waals surface area contributed by atoms with Crippen molar-refractivity contribution in [3.63, 3.8) is 0 Å². The molecule has 0 saturated heterocycles. The minimum absolute atomic E-state index is 0.0315. The highest BCUT2D eigenvalue weighted by Crippen LogP contribution is 2.32. The molecule has 1 atom stereocenters. The SMILES string of the molecule is CN(C)c1ccc(C(CNC(=O)c2ccc3c(c2)CCO3)c2c[nH]c3ccccc23)cc1. The van der Waals surface area contributed by atoms with Gasteiger partial charge in [0, 0.05) is 61.3 Å². The van der Waals surface area contributed by atoms with E-state index >= 15 is 0 Å². The number of carbonyl (C=O) groups excluding carboxylic acids is 1. The number of para-hydroxylation sites is 1. The van der Waals surface area contributed by atoms with Gasteiger partial charge in [0.2, 0.25) is 0 Å². The van der Waals surface area contributed by atoms with Gasteiger partial charge < -0.3 is 19.9 Å². The van der Waals surface area contributed by atoms with E-state index in [9.17, 15) is 4.79 Å². The van der Waals surface area contributed by atoms with Crippen molar-refractivity contribution >= 4 is 22.5 Å². The number of aromatic nitrogens is 1. The quantitative estimate of drug-likeness (QED) is 0.470. The van der Waals surface area contributed by atoms with Gasteiger partial charge in [0.1, 0.15) is 5.75 Å². The van der Waals surface area contributed by atoms with Gasteiger partial charge >= 0.3 is 0 Å². The van der Waals surface area contributed by atoms with Gasteiger partial charge in [-0.3, -0.25) is 4.79 Å². The molecule has 2 heterocycles. The number of carbonyl (C=O) groups is 1. The van der Waals surface area contributed by atoms with Crippen LogP contribution >= 0.6 is 0 Å². The second-order valence-electron chi connectivity index (χ2n) is 8.46. The molecule has 1 aliphatic heterocycles. The average Bonchev–Trinajstić information content (AvgIpc) is 3.46. The predicted molar refractivity (Wildman–Crippen MR) is 129 cm³/mol. The van der Waals surface area contributed by atoms with Gasteiger partial charge in [-0.25, -0.2) is 0 Å². The van der Waals surface area contributed by atoms with Crippen LogP contribution in [0.5, 0.6) is 5.75 Å². The number of rotatable bonds is 6. The third kappa shape index (κ3) is 3.82. The topological polar surface area (TPSA) is 57.4 Å². The lowest BCUT2D eigenvalue weighted by atomic mass is 9.90. The smallest absolute Gasteiger partial charge is 0.251 e. The summed E-state index contributed by atoms with van der Waals surface area (Å²) in [4.78, 5) is 18.5. The van der Waals surface area contributed by atoms with Gasteiger partial charge in [0.25, 0.3) is 5.91 Å². The van der Waals surface area contributed by atoms with Gasteiger partial charge in [-0.1, -0.05) is 30.3 Å². The van der Waals surface area contributed by atoms with Crippen LogP contribution in [0.4, 0.5) is 5.69 Å². The maximum Gasteiger partial charge on any atom is 0.251 e. The third-order valence-electron chi connectivity index (χ3n) is 6.23. The predicted octanol–water partition coefficient (Wildman–Crippen LogP) is 4.73. The van der Waals surface area contributed by atoms with Gasteiger partial charge in [-0.05, 0) is 53.1 Å². The van der Waals surface area contributed by atoms with E-state index in [1.165, 1.54) is 16.5 Å². The zero-order chi connectivity index (χ0) is 22.1. The van der Waals surface area contributed by atoms with Gasteiger partial charge in [-0.15, -0.1) is 0 Å². The molecule has 1 aromatic heterocycles. The Morgan fingerprint density at radius 2 is 1.91 bits per heavy atom. The molecule has 0 saturated carbocycles. The first kappa shape index (κ1) is 20.2. The number of nitrogens with one attached hydrogen (secondary N) is 2. The van der Waals surface area contributed by atoms with Crippen LogP contribution in [0.25, 0.3) is 10.9 Å². The minimum atomic E-state index is -0.0607. The van der Waals surface area contributed by atoms with Crippen LogP contribution < -0.4 is 15.0 Å². The Bertz CT molecular complexity index is 1260. The molecule has 1 amide bonds. The van der Waals surface area contributed by atoms with E-state index in [1.54, 1.807) is 0 Å². The zero-order valence-corrected chi connectivity index (χ0v) is 18.4. The Balaban J connectivity index is 1.44. The average molecular weight is 426 g/mol. The summed E-state index contributed by atoms with van der Waals surface area (Å²) < 4.78 is 5.57. The number of nitrogens with zero attached hydrogens (tertiary/aromatic N) is 1. The molecule has 0 aliphatic carbocycles. The van der Waals surface area contributed by atoms with Gasteiger partial charge in [0.15, 0.2) is 0 Å². The maximum atomic E-state index is 13.0. The Morgan fingerprint density at radius 3 is 2.72 bits per heavy atom. The maximum absolute atomic E-state index is 13.0. The lowest BCUT2D eigenvalue weighted by Gasteiger charge is -2.20. The monoisotopic (exact) mass is 425 g/mol. The van der Waals surface area contributed by atoms with Crippen molar-refractivity contribution in [1.29, 1.82) is 0 Å². The van der Waals surface area contributed by atoms with Crippen LogP contribution in [-0.4, -0.2) is 38.1 Å². The fourth-order valence-corrected chi connectivity index (χ4v) is 4.42. The molecule has 5 rings (SSSR count). The minimum Gasteiger partial charge on any atom is -0.493 e. The number of hydrogen-bond acceptors (Lipinski definition) is 3. The number of anilines is 1. The Hall–Kier alpha value is -3.73. The second-order valence-corrected chi connectivity index (χ2v) is 8.46. The molecule has 162 valence electrons. The molecule has 2 N–H and O–H groups in total. The molecular formula is C27H27N3O2. The highest BCUT2D eigenvalue weighted by atomic mass is 16.5. The van der Waals surface area contributed by atoms with Crippen molar-refractivity contribution in [3.05, 3.63) is 95.2 Å². The molecule has 0 spiro atoms. The van der Waals surface area contributed by atoms with E-state index < -0.39 is 0 Å². The molecule has 5 nitrogen and oxygen atoms in total. The first-order valence-corrected chi connectivity index (χ1v) is 11.0. The Kier molecular flexibility index (Phi) is 5.31. The fraction of sp³-hybridized carbons (Fsp3) is 0.222. The molecule has 3 aromatic carbocycles. The van der Waals surface area contributed by atoms with Crippen molar-refractivity contribution in [2.24, 2.45) is 0 Å². The number of ether oxygens (including phenoxy) is 1. The largest absolute Gasteiger partial charge is 0.493 e. The van der Waals surface area contributed by atoms with Crippen LogP contribution in [0.3, 0.4) is 0 Å². The van der Waals surface area contributed by atoms with E-state index in [0.29, 0.717) is 18.7 Å². The molecule has 0 fully saturated rings. The highest BCUT2D eigenvalue weighted by molar-refractivity contribution is 5.94. The van der Waals surface area contributed by atoms with Crippen molar-refractivity contribution in [2.45, 2.75) is 12.3 Å². The van der Waals surface area contributed by atoms with Crippen molar-refractivity contribution < 1.29 is 9.53 Å². The standard InChI is InChI=1S/C27H27N3O2/c1-30(2)21-10-7-18(8-11-21)23(24-17-28-25-6-4-3-5-22(24)25)16-29-27(31)20-9-12-26-19(15-20)13-14-32-26/h3-12,15,17,23,28H,13-14,16H2,1-2H3,(H,29,31). The normalized spacial score (nSPS) is 13.4. The van der Waals surface area contributed by atoms with Crippen LogP contribution in [-0.2, 0) is 6.42 Å². The first-order valence-electron chi connectivity index (χ1n) is 11.0. The van der Waals surface area contributed by atoms with Crippen LogP contribution in [0.1, 0.15) is 33.0 Å². The highest BCUT2D eigenvalue weighted by Gasteiger charge is 2.21. The van der Waals surface area contributed by atoms with Crippen molar-refractivity contribution in [2.75, 3.05) is 32.1 Å². The molecule has 1 unspecified atom stereocenters. The molecule has 5 heteroatoms. The molecule has 0 bridgehead atoms. The first-order chi connectivity index (χ1) is 15.6. The van der Waals surface area contributed by atoms with Crippen LogP contribution in [0.2, 0.25) is 0 Å². The summed E-state index contributed by atoms with van der Waals surface area (Å²) in [7, 11) is 4.07. The van der Waals surface area contributed by atoms with Crippen LogP contribution in [0, 0.1) is 0 Å². The summed E-state index contributed by atoms with van der Waals surface area (Å²) in [5.41, 5.74) is 6.38. The number of H-pyrrole nitrogens is 1. The van der Waals surface area contributed by atoms with Gasteiger partial charge in [0.05, 0.1) is 6.61 Å². The summed E-state index contributed by atoms with van der Waals surface area (Å²) in [5, 5.41) is 4.35. The second kappa shape index (κ2) is 8.42. The van der Waals surface area contributed by atoms with E-state index in [1.807, 2.05) is 38.4 Å². The van der Waals surface area contributed by atoms with E-state index in [2.05, 4.69) is 63.9 Å².